The van der Waals surface area contributed by atoms with Gasteiger partial charge in [-0.2, -0.15) is 0 Å². The molecule has 0 saturated carbocycles. The molecule has 0 unspecified atom stereocenters. The van der Waals surface area contributed by atoms with Crippen molar-refractivity contribution < 1.29 is 61.3 Å². The molecule has 0 fully saturated rings. The second kappa shape index (κ2) is 8.62. The van der Waals surface area contributed by atoms with E-state index in [-0.39, 0.29) is 51.4 Å². The van der Waals surface area contributed by atoms with Crippen LogP contribution in [0.1, 0.15) is 23.6 Å². The molecule has 14 heavy (non-hydrogen) atoms. The van der Waals surface area contributed by atoms with Crippen LogP contribution in [0, 0.1) is 20.8 Å². The molecule has 1 rings (SSSR count). The average molecular weight is 218 g/mol. The molecule has 0 atom stereocenters. The summed E-state index contributed by atoms with van der Waals surface area (Å²) in [6, 6.07) is 6.50. The Balaban J connectivity index is 0. The smallest absolute Gasteiger partial charge is 0.550 e. The van der Waals surface area contributed by atoms with Gasteiger partial charge in [-0.3, -0.25) is 0 Å². The molecule has 0 aliphatic heterocycles. The van der Waals surface area contributed by atoms with Gasteiger partial charge in [0.05, 0.1) is 0 Å². The molecule has 72 valence electrons. The standard InChI is InChI=1S/C9H12.C2H4O2.K/c1-7-4-5-8(2)9(3)6-7;1-2(3)4;/h4-6H,1-3H3;1H3,(H,3,4);/q;;+1/p-1. The third-order valence-electron chi connectivity index (χ3n) is 1.66. The first-order chi connectivity index (χ1) is 5.93. The molecule has 0 aliphatic rings. The van der Waals surface area contributed by atoms with Crippen LogP contribution in [-0.4, -0.2) is 5.97 Å². The summed E-state index contributed by atoms with van der Waals surface area (Å²) in [7, 11) is 0. The Hall–Kier alpha value is 0.326. The van der Waals surface area contributed by atoms with E-state index in [4.69, 9.17) is 9.90 Å². The summed E-state index contributed by atoms with van der Waals surface area (Å²) in [6.45, 7) is 7.36. The van der Waals surface area contributed by atoms with Crippen LogP contribution >= 0.6 is 0 Å². The van der Waals surface area contributed by atoms with Gasteiger partial charge in [0.1, 0.15) is 0 Å². The molecule has 0 radical (unpaired) electrons. The zero-order valence-corrected chi connectivity index (χ0v) is 12.7. The van der Waals surface area contributed by atoms with Crippen molar-refractivity contribution in [3.63, 3.8) is 0 Å². The van der Waals surface area contributed by atoms with Crippen LogP contribution in [0.2, 0.25) is 0 Å². The molecule has 2 nitrogen and oxygen atoms in total. The fourth-order valence-corrected chi connectivity index (χ4v) is 0.891. The third kappa shape index (κ3) is 8.90. The van der Waals surface area contributed by atoms with Crippen molar-refractivity contribution in [1.82, 2.24) is 0 Å². The first kappa shape index (κ1) is 16.7. The van der Waals surface area contributed by atoms with Crippen LogP contribution in [0.25, 0.3) is 0 Å². The van der Waals surface area contributed by atoms with E-state index in [2.05, 4.69) is 39.0 Å². The Kier molecular flexibility index (Phi) is 10.3. The monoisotopic (exact) mass is 218 g/mol. The molecule has 1 aromatic carbocycles. The Morgan fingerprint density at radius 3 is 1.86 bits per heavy atom. The van der Waals surface area contributed by atoms with Gasteiger partial charge in [-0.1, -0.05) is 23.8 Å². The van der Waals surface area contributed by atoms with E-state index in [1.807, 2.05) is 0 Å². The summed E-state index contributed by atoms with van der Waals surface area (Å²) in [5, 5.41) is 8.89. The van der Waals surface area contributed by atoms with Gasteiger partial charge in [0.2, 0.25) is 0 Å². The number of carbonyl (C=O) groups is 1. The summed E-state index contributed by atoms with van der Waals surface area (Å²) in [6.07, 6.45) is 0. The maximum atomic E-state index is 8.89. The van der Waals surface area contributed by atoms with Crippen molar-refractivity contribution in [2.45, 2.75) is 27.7 Å². The van der Waals surface area contributed by atoms with Gasteiger partial charge >= 0.3 is 51.4 Å². The molecule has 0 heterocycles. The molecule has 1 aromatic rings. The van der Waals surface area contributed by atoms with Crippen LogP contribution in [-0.2, 0) is 4.79 Å². The van der Waals surface area contributed by atoms with Crippen molar-refractivity contribution in [3.8, 4) is 0 Å². The quantitative estimate of drug-likeness (QED) is 0.491. The number of benzene rings is 1. The fourth-order valence-electron chi connectivity index (χ4n) is 0.891. The van der Waals surface area contributed by atoms with Gasteiger partial charge in [-0.25, -0.2) is 0 Å². The molecule has 0 spiro atoms. The minimum Gasteiger partial charge on any atom is -0.550 e. The first-order valence-corrected chi connectivity index (χ1v) is 4.15. The van der Waals surface area contributed by atoms with Crippen molar-refractivity contribution in [2.75, 3.05) is 0 Å². The zero-order valence-electron chi connectivity index (χ0n) is 9.55. The van der Waals surface area contributed by atoms with E-state index in [1.54, 1.807) is 0 Å². The third-order valence-corrected chi connectivity index (χ3v) is 1.66. The molecule has 0 bridgehead atoms. The van der Waals surface area contributed by atoms with Gasteiger partial charge in [-0.05, 0) is 38.8 Å². The van der Waals surface area contributed by atoms with E-state index >= 15 is 0 Å². The van der Waals surface area contributed by atoms with Gasteiger partial charge < -0.3 is 9.90 Å². The molecular formula is C11H15KO2. The largest absolute Gasteiger partial charge is 1.00 e. The van der Waals surface area contributed by atoms with Crippen LogP contribution in [0.15, 0.2) is 18.2 Å². The van der Waals surface area contributed by atoms with E-state index in [0.717, 1.165) is 6.92 Å². The molecular weight excluding hydrogens is 203 g/mol. The Morgan fingerprint density at radius 2 is 1.57 bits per heavy atom. The summed E-state index contributed by atoms with van der Waals surface area (Å²) in [5.74, 6) is -1.08. The van der Waals surface area contributed by atoms with Gasteiger partial charge in [-0.15, -0.1) is 0 Å². The second-order valence-corrected chi connectivity index (χ2v) is 3.08. The minimum atomic E-state index is -1.08. The van der Waals surface area contributed by atoms with Crippen molar-refractivity contribution in [3.05, 3.63) is 34.9 Å². The molecule has 0 N–H and O–H groups in total. The summed E-state index contributed by atoms with van der Waals surface area (Å²) in [4.78, 5) is 8.89. The van der Waals surface area contributed by atoms with E-state index in [9.17, 15) is 0 Å². The van der Waals surface area contributed by atoms with E-state index < -0.39 is 5.97 Å². The Bertz CT molecular complexity index is 291. The Morgan fingerprint density at radius 1 is 1.14 bits per heavy atom. The first-order valence-electron chi connectivity index (χ1n) is 4.15. The molecule has 0 saturated heterocycles. The molecule has 0 aromatic heterocycles. The maximum Gasteiger partial charge on any atom is 1.00 e. The average Bonchev–Trinajstić information content (AvgIpc) is 1.96. The number of carbonyl (C=O) groups excluding carboxylic acids is 1. The van der Waals surface area contributed by atoms with Gasteiger partial charge in [0.25, 0.3) is 0 Å². The number of hydrogen-bond donors (Lipinski definition) is 0. The van der Waals surface area contributed by atoms with Crippen molar-refractivity contribution in [1.29, 1.82) is 0 Å². The van der Waals surface area contributed by atoms with Gasteiger partial charge in [0, 0.05) is 5.97 Å². The summed E-state index contributed by atoms with van der Waals surface area (Å²) >= 11 is 0. The topological polar surface area (TPSA) is 40.1 Å². The number of hydrogen-bond acceptors (Lipinski definition) is 2. The number of carboxylic acids is 1. The summed E-state index contributed by atoms with van der Waals surface area (Å²) in [5.41, 5.74) is 4.11. The van der Waals surface area contributed by atoms with Crippen molar-refractivity contribution >= 4 is 5.97 Å². The van der Waals surface area contributed by atoms with Crippen LogP contribution in [0.5, 0.6) is 0 Å². The molecule has 0 aliphatic carbocycles. The molecule has 0 amide bonds. The maximum absolute atomic E-state index is 8.89. The number of rotatable bonds is 0. The normalized spacial score (nSPS) is 8.00. The second-order valence-electron chi connectivity index (χ2n) is 3.08. The number of aryl methyl sites for hydroxylation is 3. The zero-order chi connectivity index (χ0) is 10.4. The Labute approximate surface area is 128 Å². The van der Waals surface area contributed by atoms with Crippen molar-refractivity contribution in [2.24, 2.45) is 0 Å². The van der Waals surface area contributed by atoms with Crippen LogP contribution in [0.4, 0.5) is 0 Å². The summed E-state index contributed by atoms with van der Waals surface area (Å²) < 4.78 is 0. The predicted molar refractivity (Wildman–Crippen MR) is 51.3 cm³/mol. The SMILES string of the molecule is CC(=O)[O-].Cc1ccc(C)c(C)c1.[K+]. The number of aliphatic carboxylic acids is 1. The minimum absolute atomic E-state index is 0. The van der Waals surface area contributed by atoms with Crippen LogP contribution in [0.3, 0.4) is 0 Å². The molecule has 3 heteroatoms. The number of carboxylic acid groups (broad SMARTS) is 1. The predicted octanol–water partition coefficient (Wildman–Crippen LogP) is -1.63. The van der Waals surface area contributed by atoms with Crippen LogP contribution < -0.4 is 56.5 Å². The fraction of sp³-hybridized carbons (Fsp3) is 0.364. The van der Waals surface area contributed by atoms with E-state index in [0.29, 0.717) is 0 Å². The van der Waals surface area contributed by atoms with Gasteiger partial charge in [0.15, 0.2) is 0 Å². The van der Waals surface area contributed by atoms with E-state index in [1.165, 1.54) is 16.7 Å².